The van der Waals surface area contributed by atoms with Gasteiger partial charge in [-0.3, -0.25) is 13.9 Å². The fourth-order valence-electron chi connectivity index (χ4n) is 2.37. The number of rotatable bonds is 6. The summed E-state index contributed by atoms with van der Waals surface area (Å²) in [5.41, 5.74) is 1.57. The SMILES string of the molecule is COC(=O)CN(c1ccccc1C)S(=O)(=O)c1ccc(NC(C)=O)cc1. The van der Waals surface area contributed by atoms with Crippen molar-refractivity contribution in [1.29, 1.82) is 0 Å². The lowest BCUT2D eigenvalue weighted by Gasteiger charge is -2.25. The summed E-state index contributed by atoms with van der Waals surface area (Å²) in [6, 6.07) is 12.6. The normalized spacial score (nSPS) is 10.9. The Morgan fingerprint density at radius 2 is 1.69 bits per heavy atom. The number of benzene rings is 2. The van der Waals surface area contributed by atoms with Gasteiger partial charge < -0.3 is 10.1 Å². The van der Waals surface area contributed by atoms with Crippen LogP contribution in [0.5, 0.6) is 0 Å². The zero-order valence-corrected chi connectivity index (χ0v) is 15.5. The van der Waals surface area contributed by atoms with E-state index in [1.165, 1.54) is 38.3 Å². The second-order valence-corrected chi connectivity index (χ2v) is 7.44. The van der Waals surface area contributed by atoms with Crippen LogP contribution >= 0.6 is 0 Å². The third kappa shape index (κ3) is 4.40. The molecule has 2 aromatic rings. The first kappa shape index (κ1) is 19.5. The molecule has 0 atom stereocenters. The third-order valence-corrected chi connectivity index (χ3v) is 5.42. The molecule has 8 heteroatoms. The van der Waals surface area contributed by atoms with Gasteiger partial charge in [0.1, 0.15) is 6.54 Å². The van der Waals surface area contributed by atoms with Gasteiger partial charge in [-0.1, -0.05) is 18.2 Å². The van der Waals surface area contributed by atoms with Crippen molar-refractivity contribution < 1.29 is 22.7 Å². The predicted molar refractivity (Wildman–Crippen MR) is 98.5 cm³/mol. The van der Waals surface area contributed by atoms with Crippen LogP contribution in [0.2, 0.25) is 0 Å². The van der Waals surface area contributed by atoms with Crippen molar-refractivity contribution in [3.63, 3.8) is 0 Å². The summed E-state index contributed by atoms with van der Waals surface area (Å²) in [6.45, 7) is 2.67. The van der Waals surface area contributed by atoms with E-state index in [9.17, 15) is 18.0 Å². The quantitative estimate of drug-likeness (QED) is 0.781. The molecule has 0 aliphatic heterocycles. The summed E-state index contributed by atoms with van der Waals surface area (Å²) < 4.78 is 31.9. The van der Waals surface area contributed by atoms with Crippen LogP contribution in [0, 0.1) is 6.92 Å². The second kappa shape index (κ2) is 8.01. The van der Waals surface area contributed by atoms with E-state index in [-0.39, 0.29) is 10.8 Å². The standard InChI is InChI=1S/C18H20N2O5S/c1-13-6-4-5-7-17(13)20(12-18(22)25-3)26(23,24)16-10-8-15(9-11-16)19-14(2)21/h4-11H,12H2,1-3H3,(H,19,21). The lowest BCUT2D eigenvalue weighted by atomic mass is 10.2. The minimum atomic E-state index is -4.01. The van der Waals surface area contributed by atoms with Crippen LogP contribution in [0.3, 0.4) is 0 Å². The number of para-hydroxylation sites is 1. The van der Waals surface area contributed by atoms with E-state index in [4.69, 9.17) is 0 Å². The number of nitrogens with zero attached hydrogens (tertiary/aromatic N) is 1. The van der Waals surface area contributed by atoms with Crippen molar-refractivity contribution in [2.75, 3.05) is 23.3 Å². The van der Waals surface area contributed by atoms with Gasteiger partial charge in [-0.05, 0) is 42.8 Å². The fourth-order valence-corrected chi connectivity index (χ4v) is 3.84. The maximum atomic E-state index is 13.1. The Balaban J connectivity index is 2.47. The van der Waals surface area contributed by atoms with Crippen molar-refractivity contribution in [2.24, 2.45) is 0 Å². The number of amides is 1. The lowest BCUT2D eigenvalue weighted by molar-refractivity contribution is -0.138. The highest BCUT2D eigenvalue weighted by Crippen LogP contribution is 2.27. The van der Waals surface area contributed by atoms with E-state index < -0.39 is 22.5 Å². The van der Waals surface area contributed by atoms with Gasteiger partial charge in [0, 0.05) is 12.6 Å². The molecular weight excluding hydrogens is 356 g/mol. The van der Waals surface area contributed by atoms with Gasteiger partial charge in [0.25, 0.3) is 10.0 Å². The molecule has 0 saturated heterocycles. The number of sulfonamides is 1. The van der Waals surface area contributed by atoms with Crippen molar-refractivity contribution in [1.82, 2.24) is 0 Å². The van der Waals surface area contributed by atoms with E-state index in [0.29, 0.717) is 16.9 Å². The van der Waals surface area contributed by atoms with Gasteiger partial charge in [0.05, 0.1) is 17.7 Å². The van der Waals surface area contributed by atoms with Gasteiger partial charge in [-0.2, -0.15) is 0 Å². The molecule has 2 aromatic carbocycles. The van der Waals surface area contributed by atoms with E-state index >= 15 is 0 Å². The van der Waals surface area contributed by atoms with Crippen LogP contribution in [-0.4, -0.2) is 33.9 Å². The maximum absolute atomic E-state index is 13.1. The monoisotopic (exact) mass is 376 g/mol. The minimum absolute atomic E-state index is 0.00115. The van der Waals surface area contributed by atoms with Gasteiger partial charge in [0.2, 0.25) is 5.91 Å². The topological polar surface area (TPSA) is 92.8 Å². The van der Waals surface area contributed by atoms with Crippen LogP contribution < -0.4 is 9.62 Å². The summed E-state index contributed by atoms with van der Waals surface area (Å²) in [4.78, 5) is 22.9. The maximum Gasteiger partial charge on any atom is 0.326 e. The van der Waals surface area contributed by atoms with Gasteiger partial charge in [0.15, 0.2) is 0 Å². The van der Waals surface area contributed by atoms with E-state index in [1.54, 1.807) is 31.2 Å². The van der Waals surface area contributed by atoms with Crippen molar-refractivity contribution in [3.8, 4) is 0 Å². The Hall–Kier alpha value is -2.87. The Kier molecular flexibility index (Phi) is 5.99. The van der Waals surface area contributed by atoms with Crippen LogP contribution in [0.15, 0.2) is 53.4 Å². The number of carbonyl (C=O) groups is 2. The molecule has 0 aromatic heterocycles. The first-order valence-corrected chi connectivity index (χ1v) is 9.22. The molecule has 138 valence electrons. The Morgan fingerprint density at radius 1 is 1.08 bits per heavy atom. The summed E-state index contributed by atoms with van der Waals surface area (Å²) in [5, 5.41) is 2.57. The summed E-state index contributed by atoms with van der Waals surface area (Å²) >= 11 is 0. The molecule has 0 heterocycles. The van der Waals surface area contributed by atoms with Crippen LogP contribution in [0.25, 0.3) is 0 Å². The molecule has 0 saturated carbocycles. The van der Waals surface area contributed by atoms with Crippen LogP contribution in [-0.2, 0) is 24.3 Å². The van der Waals surface area contributed by atoms with Crippen LogP contribution in [0.1, 0.15) is 12.5 Å². The molecule has 0 radical (unpaired) electrons. The Bertz CT molecular complexity index is 907. The van der Waals surface area contributed by atoms with Crippen LogP contribution in [0.4, 0.5) is 11.4 Å². The number of ether oxygens (including phenoxy) is 1. The van der Waals surface area contributed by atoms with E-state index in [0.717, 1.165) is 4.31 Å². The number of aryl methyl sites for hydroxylation is 1. The zero-order chi connectivity index (χ0) is 19.3. The lowest BCUT2D eigenvalue weighted by Crippen LogP contribution is -2.36. The predicted octanol–water partition coefficient (Wildman–Crippen LogP) is 2.32. The second-order valence-electron chi connectivity index (χ2n) is 5.58. The highest BCUT2D eigenvalue weighted by molar-refractivity contribution is 7.92. The Morgan fingerprint density at radius 3 is 2.23 bits per heavy atom. The van der Waals surface area contributed by atoms with E-state index in [2.05, 4.69) is 10.1 Å². The fraction of sp³-hybridized carbons (Fsp3) is 0.222. The van der Waals surface area contributed by atoms with Gasteiger partial charge in [-0.15, -0.1) is 0 Å². The molecule has 1 amide bonds. The molecule has 0 bridgehead atoms. The highest BCUT2D eigenvalue weighted by Gasteiger charge is 2.28. The van der Waals surface area contributed by atoms with Crippen molar-refractivity contribution >= 4 is 33.3 Å². The number of nitrogens with one attached hydrogen (secondary N) is 1. The summed E-state index contributed by atoms with van der Waals surface area (Å²) in [6.07, 6.45) is 0. The number of methoxy groups -OCH3 is 1. The third-order valence-electron chi connectivity index (χ3n) is 3.65. The number of hydrogen-bond acceptors (Lipinski definition) is 5. The number of carbonyl (C=O) groups excluding carboxylic acids is 2. The molecular formula is C18H20N2O5S. The molecule has 0 fully saturated rings. The summed E-state index contributed by atoms with van der Waals surface area (Å²) in [5.74, 6) is -0.931. The first-order chi connectivity index (χ1) is 12.3. The number of anilines is 2. The average molecular weight is 376 g/mol. The average Bonchev–Trinajstić information content (AvgIpc) is 2.60. The number of hydrogen-bond donors (Lipinski definition) is 1. The molecule has 0 aliphatic rings. The molecule has 7 nitrogen and oxygen atoms in total. The molecule has 0 spiro atoms. The molecule has 2 rings (SSSR count). The zero-order valence-electron chi connectivity index (χ0n) is 14.7. The van der Waals surface area contributed by atoms with E-state index in [1.807, 2.05) is 0 Å². The molecule has 26 heavy (non-hydrogen) atoms. The largest absolute Gasteiger partial charge is 0.468 e. The highest BCUT2D eigenvalue weighted by atomic mass is 32.2. The number of esters is 1. The smallest absolute Gasteiger partial charge is 0.326 e. The van der Waals surface area contributed by atoms with Gasteiger partial charge >= 0.3 is 5.97 Å². The van der Waals surface area contributed by atoms with Crippen molar-refractivity contribution in [2.45, 2.75) is 18.7 Å². The minimum Gasteiger partial charge on any atom is -0.468 e. The summed E-state index contributed by atoms with van der Waals surface area (Å²) in [7, 11) is -2.81. The molecule has 0 unspecified atom stereocenters. The molecule has 1 N–H and O–H groups in total. The Labute approximate surface area is 152 Å². The first-order valence-electron chi connectivity index (χ1n) is 7.78. The van der Waals surface area contributed by atoms with Crippen molar-refractivity contribution in [3.05, 3.63) is 54.1 Å². The van der Waals surface area contributed by atoms with Gasteiger partial charge in [-0.25, -0.2) is 8.42 Å². The molecule has 0 aliphatic carbocycles.